The lowest BCUT2D eigenvalue weighted by Gasteiger charge is -2.31. The molecule has 1 aromatic carbocycles. The maximum absolute atomic E-state index is 12.5. The van der Waals surface area contributed by atoms with Crippen LogP contribution in [0.5, 0.6) is 11.5 Å². The molecule has 128 valence electrons. The maximum atomic E-state index is 12.5. The Morgan fingerprint density at radius 2 is 1.92 bits per heavy atom. The first kappa shape index (κ1) is 15.3. The molecule has 6 heteroatoms. The van der Waals surface area contributed by atoms with Gasteiger partial charge < -0.3 is 19.7 Å². The third-order valence-electron chi connectivity index (χ3n) is 5.18. The van der Waals surface area contributed by atoms with Crippen molar-refractivity contribution in [3.63, 3.8) is 0 Å². The summed E-state index contributed by atoms with van der Waals surface area (Å²) in [4.78, 5) is 26.8. The molecule has 2 fully saturated rings. The molecule has 1 atom stereocenters. The van der Waals surface area contributed by atoms with Crippen LogP contribution in [0.15, 0.2) is 18.2 Å². The van der Waals surface area contributed by atoms with E-state index in [-0.39, 0.29) is 24.5 Å². The fourth-order valence-corrected chi connectivity index (χ4v) is 3.87. The lowest BCUT2D eigenvalue weighted by molar-refractivity contribution is -0.130. The Morgan fingerprint density at radius 3 is 2.75 bits per heavy atom. The van der Waals surface area contributed by atoms with Gasteiger partial charge in [0.25, 0.3) is 0 Å². The van der Waals surface area contributed by atoms with E-state index in [1.807, 2.05) is 4.90 Å². The van der Waals surface area contributed by atoms with Crippen LogP contribution in [-0.4, -0.2) is 36.1 Å². The second-order valence-corrected chi connectivity index (χ2v) is 6.80. The Morgan fingerprint density at radius 1 is 1.12 bits per heavy atom. The van der Waals surface area contributed by atoms with Gasteiger partial charge in [-0.25, -0.2) is 0 Å². The number of ether oxygens (including phenoxy) is 2. The van der Waals surface area contributed by atoms with Crippen molar-refractivity contribution in [2.24, 2.45) is 5.92 Å². The van der Waals surface area contributed by atoms with Gasteiger partial charge in [0.05, 0.1) is 5.92 Å². The minimum Gasteiger partial charge on any atom is -0.454 e. The molecule has 0 bridgehead atoms. The summed E-state index contributed by atoms with van der Waals surface area (Å²) in [5.41, 5.74) is 0.674. The molecular weight excluding hydrogens is 308 g/mol. The normalized spacial score (nSPS) is 23.6. The number of hydrogen-bond acceptors (Lipinski definition) is 4. The topological polar surface area (TPSA) is 67.9 Å². The van der Waals surface area contributed by atoms with Crippen LogP contribution in [0.3, 0.4) is 0 Å². The standard InChI is InChI=1S/C18H22N2O4/c21-17-8-12(10-20(17)14-4-2-1-3-5-14)18(22)19-13-6-7-15-16(9-13)24-11-23-15/h6-7,9,12,14H,1-5,8,10-11H2,(H,19,22)/t12-/m1/s1. The van der Waals surface area contributed by atoms with Gasteiger partial charge in [-0.3, -0.25) is 9.59 Å². The highest BCUT2D eigenvalue weighted by Gasteiger charge is 2.38. The van der Waals surface area contributed by atoms with Gasteiger partial charge >= 0.3 is 0 Å². The molecule has 2 amide bonds. The number of benzene rings is 1. The Balaban J connectivity index is 1.39. The minimum atomic E-state index is -0.273. The van der Waals surface area contributed by atoms with Crippen LogP contribution in [0.1, 0.15) is 38.5 Å². The van der Waals surface area contributed by atoms with Gasteiger partial charge in [-0.1, -0.05) is 19.3 Å². The zero-order valence-electron chi connectivity index (χ0n) is 13.6. The maximum Gasteiger partial charge on any atom is 0.231 e. The number of carbonyl (C=O) groups is 2. The average molecular weight is 330 g/mol. The van der Waals surface area contributed by atoms with Crippen molar-refractivity contribution in [2.75, 3.05) is 18.7 Å². The second kappa shape index (κ2) is 6.34. The van der Waals surface area contributed by atoms with Crippen LogP contribution in [0.25, 0.3) is 0 Å². The number of anilines is 1. The molecular formula is C18H22N2O4. The number of likely N-dealkylation sites (tertiary alicyclic amines) is 1. The van der Waals surface area contributed by atoms with Crippen molar-refractivity contribution >= 4 is 17.5 Å². The van der Waals surface area contributed by atoms with Crippen molar-refractivity contribution < 1.29 is 19.1 Å². The first-order chi connectivity index (χ1) is 11.7. The molecule has 1 saturated carbocycles. The first-order valence-corrected chi connectivity index (χ1v) is 8.71. The molecule has 2 heterocycles. The van der Waals surface area contributed by atoms with Crippen LogP contribution >= 0.6 is 0 Å². The summed E-state index contributed by atoms with van der Waals surface area (Å²) in [5, 5.41) is 2.90. The molecule has 1 saturated heterocycles. The predicted molar refractivity (Wildman–Crippen MR) is 87.9 cm³/mol. The highest BCUT2D eigenvalue weighted by atomic mass is 16.7. The van der Waals surface area contributed by atoms with Gasteiger partial charge in [-0.05, 0) is 25.0 Å². The molecule has 0 unspecified atom stereocenters. The second-order valence-electron chi connectivity index (χ2n) is 6.80. The summed E-state index contributed by atoms with van der Waals surface area (Å²) >= 11 is 0. The molecule has 1 aliphatic carbocycles. The van der Waals surface area contributed by atoms with E-state index in [9.17, 15) is 9.59 Å². The third-order valence-corrected chi connectivity index (χ3v) is 5.18. The minimum absolute atomic E-state index is 0.0967. The number of fused-ring (bicyclic) bond motifs is 1. The molecule has 2 aliphatic heterocycles. The molecule has 4 rings (SSSR count). The van der Waals surface area contributed by atoms with Crippen LogP contribution in [0.2, 0.25) is 0 Å². The van der Waals surface area contributed by atoms with Crippen molar-refractivity contribution in [3.8, 4) is 11.5 Å². The highest BCUT2D eigenvalue weighted by molar-refractivity contribution is 5.97. The van der Waals surface area contributed by atoms with Gasteiger partial charge in [0.2, 0.25) is 18.6 Å². The van der Waals surface area contributed by atoms with E-state index in [0.29, 0.717) is 36.2 Å². The SMILES string of the molecule is O=C(Nc1ccc2c(c1)OCO2)[C@@H]1CC(=O)N(C2CCCCC2)C1. The number of amides is 2. The predicted octanol–water partition coefficient (Wildman–Crippen LogP) is 2.54. The molecule has 6 nitrogen and oxygen atoms in total. The first-order valence-electron chi connectivity index (χ1n) is 8.71. The molecule has 3 aliphatic rings. The molecule has 1 N–H and O–H groups in total. The van der Waals surface area contributed by atoms with Crippen LogP contribution < -0.4 is 14.8 Å². The summed E-state index contributed by atoms with van der Waals surface area (Å²) in [6.45, 7) is 0.750. The zero-order valence-corrected chi connectivity index (χ0v) is 13.6. The lowest BCUT2D eigenvalue weighted by atomic mass is 9.94. The van der Waals surface area contributed by atoms with Gasteiger partial charge in [0, 0.05) is 30.8 Å². The van der Waals surface area contributed by atoms with E-state index < -0.39 is 0 Å². The molecule has 24 heavy (non-hydrogen) atoms. The highest BCUT2D eigenvalue weighted by Crippen LogP contribution is 2.35. The zero-order chi connectivity index (χ0) is 16.5. The third kappa shape index (κ3) is 2.92. The monoisotopic (exact) mass is 330 g/mol. The quantitative estimate of drug-likeness (QED) is 0.925. The Kier molecular flexibility index (Phi) is 4.04. The Hall–Kier alpha value is -2.24. The largest absolute Gasteiger partial charge is 0.454 e. The summed E-state index contributed by atoms with van der Waals surface area (Å²) in [6, 6.07) is 5.66. The van der Waals surface area contributed by atoms with Crippen LogP contribution in [0, 0.1) is 5.92 Å². The smallest absolute Gasteiger partial charge is 0.231 e. The van der Waals surface area contributed by atoms with Gasteiger partial charge in [-0.15, -0.1) is 0 Å². The Bertz CT molecular complexity index is 654. The fourth-order valence-electron chi connectivity index (χ4n) is 3.87. The molecule has 0 aromatic heterocycles. The summed E-state index contributed by atoms with van der Waals surface area (Å²) in [7, 11) is 0. The van der Waals surface area contributed by atoms with E-state index in [2.05, 4.69) is 5.32 Å². The van der Waals surface area contributed by atoms with E-state index in [1.54, 1.807) is 18.2 Å². The van der Waals surface area contributed by atoms with Crippen molar-refractivity contribution in [3.05, 3.63) is 18.2 Å². The van der Waals surface area contributed by atoms with E-state index in [0.717, 1.165) is 12.8 Å². The van der Waals surface area contributed by atoms with E-state index in [4.69, 9.17) is 9.47 Å². The van der Waals surface area contributed by atoms with E-state index >= 15 is 0 Å². The molecule has 0 spiro atoms. The number of rotatable bonds is 3. The molecule has 0 radical (unpaired) electrons. The average Bonchev–Trinajstić information content (AvgIpc) is 3.21. The van der Waals surface area contributed by atoms with Crippen LogP contribution in [0.4, 0.5) is 5.69 Å². The van der Waals surface area contributed by atoms with Gasteiger partial charge in [0.1, 0.15) is 0 Å². The summed E-state index contributed by atoms with van der Waals surface area (Å²) in [6.07, 6.45) is 6.08. The summed E-state index contributed by atoms with van der Waals surface area (Å²) in [5.74, 6) is 1.07. The number of hydrogen-bond donors (Lipinski definition) is 1. The van der Waals surface area contributed by atoms with Gasteiger partial charge in [-0.2, -0.15) is 0 Å². The molecule has 1 aromatic rings. The fraction of sp³-hybridized carbons (Fsp3) is 0.556. The Labute approximate surface area is 141 Å². The van der Waals surface area contributed by atoms with Crippen LogP contribution in [-0.2, 0) is 9.59 Å². The van der Waals surface area contributed by atoms with Crippen molar-refractivity contribution in [1.29, 1.82) is 0 Å². The van der Waals surface area contributed by atoms with Crippen molar-refractivity contribution in [2.45, 2.75) is 44.6 Å². The number of nitrogens with zero attached hydrogens (tertiary/aromatic N) is 1. The van der Waals surface area contributed by atoms with Gasteiger partial charge in [0.15, 0.2) is 11.5 Å². The lowest BCUT2D eigenvalue weighted by Crippen LogP contribution is -2.38. The van der Waals surface area contributed by atoms with Crippen molar-refractivity contribution in [1.82, 2.24) is 4.90 Å². The number of carbonyl (C=O) groups excluding carboxylic acids is 2. The summed E-state index contributed by atoms with van der Waals surface area (Å²) < 4.78 is 10.6. The van der Waals surface area contributed by atoms with E-state index in [1.165, 1.54) is 19.3 Å². The number of nitrogens with one attached hydrogen (secondary N) is 1.